The minimum atomic E-state index is -0.0428. The van der Waals surface area contributed by atoms with Crippen molar-refractivity contribution in [2.45, 2.75) is 6.92 Å². The SMILES string of the molecule is CCO.Oc1ncnc2[nH]ncc12. The van der Waals surface area contributed by atoms with Gasteiger partial charge in [0.25, 0.3) is 0 Å². The maximum Gasteiger partial charge on any atom is 0.225 e. The number of aromatic hydroxyl groups is 1. The van der Waals surface area contributed by atoms with Gasteiger partial charge in [-0.3, -0.25) is 5.10 Å². The number of nitrogens with zero attached hydrogens (tertiary/aromatic N) is 3. The number of aromatic amines is 1. The zero-order chi connectivity index (χ0) is 9.68. The lowest BCUT2D eigenvalue weighted by Crippen LogP contribution is -1.79. The molecule has 0 saturated carbocycles. The summed E-state index contributed by atoms with van der Waals surface area (Å²) in [4.78, 5) is 7.38. The smallest absolute Gasteiger partial charge is 0.225 e. The first kappa shape index (κ1) is 9.40. The van der Waals surface area contributed by atoms with Crippen molar-refractivity contribution in [1.82, 2.24) is 20.2 Å². The van der Waals surface area contributed by atoms with Gasteiger partial charge in [-0.25, -0.2) is 9.97 Å². The van der Waals surface area contributed by atoms with Crippen LogP contribution in [0.15, 0.2) is 12.5 Å². The van der Waals surface area contributed by atoms with Gasteiger partial charge in [0, 0.05) is 6.61 Å². The van der Waals surface area contributed by atoms with Crippen molar-refractivity contribution < 1.29 is 10.2 Å². The van der Waals surface area contributed by atoms with Gasteiger partial charge in [0.05, 0.1) is 6.20 Å². The third kappa shape index (κ3) is 2.12. The maximum absolute atomic E-state index is 9.05. The van der Waals surface area contributed by atoms with Crippen LogP contribution in [0.25, 0.3) is 11.0 Å². The highest BCUT2D eigenvalue weighted by molar-refractivity contribution is 5.78. The largest absolute Gasteiger partial charge is 0.493 e. The summed E-state index contributed by atoms with van der Waals surface area (Å²) in [6, 6.07) is 0. The number of aliphatic hydroxyl groups excluding tert-OH is 1. The first-order chi connectivity index (χ1) is 6.29. The lowest BCUT2D eigenvalue weighted by molar-refractivity contribution is 0.318. The summed E-state index contributed by atoms with van der Waals surface area (Å²) >= 11 is 0. The molecule has 0 aromatic carbocycles. The summed E-state index contributed by atoms with van der Waals surface area (Å²) in [6.07, 6.45) is 2.75. The second kappa shape index (κ2) is 4.36. The van der Waals surface area contributed by atoms with Crippen LogP contribution in [0, 0.1) is 0 Å². The van der Waals surface area contributed by atoms with Crippen molar-refractivity contribution in [3.63, 3.8) is 0 Å². The molecular formula is C7H10N4O2. The molecule has 0 unspecified atom stereocenters. The standard InChI is InChI=1S/C5H4N4O.C2H6O/c10-5-3-1-8-9-4(3)6-2-7-5;1-2-3/h1-2H,(H2,6,7,8,9,10);3H,2H2,1H3. The number of fused-ring (bicyclic) bond motifs is 1. The molecule has 3 N–H and O–H groups in total. The van der Waals surface area contributed by atoms with Crippen molar-refractivity contribution in [2.75, 3.05) is 6.61 Å². The second-order valence-corrected chi connectivity index (χ2v) is 2.15. The highest BCUT2D eigenvalue weighted by Gasteiger charge is 2.00. The van der Waals surface area contributed by atoms with Crippen LogP contribution >= 0.6 is 0 Å². The first-order valence-corrected chi connectivity index (χ1v) is 3.73. The van der Waals surface area contributed by atoms with Crippen molar-refractivity contribution in [3.05, 3.63) is 12.5 Å². The Hall–Kier alpha value is -1.69. The fraction of sp³-hybridized carbons (Fsp3) is 0.286. The third-order valence-electron chi connectivity index (χ3n) is 1.23. The quantitative estimate of drug-likeness (QED) is 0.535. The Balaban J connectivity index is 0.000000251. The monoisotopic (exact) mass is 182 g/mol. The number of rotatable bonds is 0. The second-order valence-electron chi connectivity index (χ2n) is 2.15. The third-order valence-corrected chi connectivity index (χ3v) is 1.23. The van der Waals surface area contributed by atoms with Gasteiger partial charge in [0.2, 0.25) is 5.88 Å². The van der Waals surface area contributed by atoms with E-state index >= 15 is 0 Å². The molecule has 2 aromatic heterocycles. The molecule has 0 bridgehead atoms. The highest BCUT2D eigenvalue weighted by atomic mass is 16.3. The summed E-state index contributed by atoms with van der Waals surface area (Å²) in [5, 5.41) is 23.4. The zero-order valence-electron chi connectivity index (χ0n) is 7.10. The van der Waals surface area contributed by atoms with E-state index in [1.54, 1.807) is 6.92 Å². The fourth-order valence-electron chi connectivity index (χ4n) is 0.752. The Labute approximate surface area is 74.3 Å². The van der Waals surface area contributed by atoms with Crippen LogP contribution in [0.4, 0.5) is 0 Å². The van der Waals surface area contributed by atoms with Crippen molar-refractivity contribution in [2.24, 2.45) is 0 Å². The molecule has 0 aliphatic carbocycles. The fourth-order valence-corrected chi connectivity index (χ4v) is 0.752. The number of aromatic nitrogens is 4. The zero-order valence-corrected chi connectivity index (χ0v) is 7.10. The van der Waals surface area contributed by atoms with Crippen molar-refractivity contribution >= 4 is 11.0 Å². The Morgan fingerprint density at radius 2 is 2.15 bits per heavy atom. The van der Waals surface area contributed by atoms with Crippen molar-refractivity contribution in [1.29, 1.82) is 0 Å². The van der Waals surface area contributed by atoms with E-state index in [9.17, 15) is 0 Å². The van der Waals surface area contributed by atoms with E-state index in [0.717, 1.165) is 0 Å². The first-order valence-electron chi connectivity index (χ1n) is 3.73. The summed E-state index contributed by atoms with van der Waals surface area (Å²) < 4.78 is 0. The molecule has 2 rings (SSSR count). The molecule has 0 radical (unpaired) electrons. The average Bonchev–Trinajstić information content (AvgIpc) is 2.54. The van der Waals surface area contributed by atoms with E-state index in [4.69, 9.17) is 10.2 Å². The van der Waals surface area contributed by atoms with E-state index in [1.165, 1.54) is 12.5 Å². The number of hydrogen-bond donors (Lipinski definition) is 3. The molecule has 0 amide bonds. The molecule has 70 valence electrons. The van der Waals surface area contributed by atoms with Gasteiger partial charge in [-0.15, -0.1) is 0 Å². The van der Waals surface area contributed by atoms with E-state index in [1.807, 2.05) is 0 Å². The molecule has 0 saturated heterocycles. The van der Waals surface area contributed by atoms with Gasteiger partial charge in [-0.1, -0.05) is 0 Å². The van der Waals surface area contributed by atoms with Gasteiger partial charge in [-0.2, -0.15) is 5.10 Å². The molecule has 2 heterocycles. The Bertz CT molecular complexity index is 373. The van der Waals surface area contributed by atoms with Crippen LogP contribution in [0.2, 0.25) is 0 Å². The Morgan fingerprint density at radius 3 is 2.77 bits per heavy atom. The lowest BCUT2D eigenvalue weighted by Gasteiger charge is -1.87. The van der Waals surface area contributed by atoms with Crippen LogP contribution in [-0.2, 0) is 0 Å². The van der Waals surface area contributed by atoms with Gasteiger partial charge in [0.15, 0.2) is 5.65 Å². The number of nitrogens with one attached hydrogen (secondary N) is 1. The molecule has 2 aromatic rings. The summed E-state index contributed by atoms with van der Waals surface area (Å²) in [5.74, 6) is -0.0428. The minimum Gasteiger partial charge on any atom is -0.493 e. The van der Waals surface area contributed by atoms with Crippen LogP contribution in [-0.4, -0.2) is 37.0 Å². The number of aliphatic hydroxyl groups is 1. The summed E-state index contributed by atoms with van der Waals surface area (Å²) in [6.45, 7) is 1.93. The number of hydrogen-bond acceptors (Lipinski definition) is 5. The average molecular weight is 182 g/mol. The summed E-state index contributed by atoms with van der Waals surface area (Å²) in [5.41, 5.74) is 0.549. The normalized spacial score (nSPS) is 9.38. The van der Waals surface area contributed by atoms with E-state index < -0.39 is 0 Å². The molecular weight excluding hydrogens is 172 g/mol. The molecule has 0 fully saturated rings. The maximum atomic E-state index is 9.05. The summed E-state index contributed by atoms with van der Waals surface area (Å²) in [7, 11) is 0. The van der Waals surface area contributed by atoms with E-state index in [2.05, 4.69) is 20.2 Å². The van der Waals surface area contributed by atoms with Crippen LogP contribution in [0.5, 0.6) is 5.88 Å². The van der Waals surface area contributed by atoms with E-state index in [-0.39, 0.29) is 12.5 Å². The van der Waals surface area contributed by atoms with Crippen LogP contribution < -0.4 is 0 Å². The van der Waals surface area contributed by atoms with Gasteiger partial charge in [-0.05, 0) is 6.92 Å². The minimum absolute atomic E-state index is 0.0428. The van der Waals surface area contributed by atoms with E-state index in [0.29, 0.717) is 11.0 Å². The topological polar surface area (TPSA) is 94.9 Å². The van der Waals surface area contributed by atoms with Gasteiger partial charge in [0.1, 0.15) is 11.7 Å². The molecule has 6 heteroatoms. The molecule has 13 heavy (non-hydrogen) atoms. The lowest BCUT2D eigenvalue weighted by atomic mass is 10.4. The van der Waals surface area contributed by atoms with Crippen LogP contribution in [0.1, 0.15) is 6.92 Å². The predicted molar refractivity (Wildman–Crippen MR) is 46.1 cm³/mol. The Kier molecular flexibility index (Phi) is 3.15. The molecule has 0 spiro atoms. The Morgan fingerprint density at radius 1 is 1.46 bits per heavy atom. The van der Waals surface area contributed by atoms with Gasteiger partial charge < -0.3 is 10.2 Å². The highest BCUT2D eigenvalue weighted by Crippen LogP contribution is 2.15. The molecule has 0 atom stereocenters. The number of H-pyrrole nitrogens is 1. The van der Waals surface area contributed by atoms with Crippen LogP contribution in [0.3, 0.4) is 0 Å². The molecule has 6 nitrogen and oxygen atoms in total. The van der Waals surface area contributed by atoms with Crippen molar-refractivity contribution in [3.8, 4) is 5.88 Å². The molecule has 0 aliphatic heterocycles. The molecule has 0 aliphatic rings. The van der Waals surface area contributed by atoms with Gasteiger partial charge >= 0.3 is 0 Å². The predicted octanol–water partition coefficient (Wildman–Crippen LogP) is 0.0571.